The summed E-state index contributed by atoms with van der Waals surface area (Å²) in [6.07, 6.45) is 1.36. The SMILES string of the molecule is COc1ccc(OC)c(/C=N\N=C([O-])c2ccccc2NS(=O)(=O)c2cccs2)c1. The Morgan fingerprint density at radius 3 is 2.60 bits per heavy atom. The van der Waals surface area contributed by atoms with Gasteiger partial charge in [0.1, 0.15) is 15.7 Å². The van der Waals surface area contributed by atoms with E-state index < -0.39 is 15.9 Å². The van der Waals surface area contributed by atoms with E-state index >= 15 is 0 Å². The van der Waals surface area contributed by atoms with Gasteiger partial charge in [0.05, 0.1) is 26.1 Å². The zero-order valence-corrected chi connectivity index (χ0v) is 17.7. The van der Waals surface area contributed by atoms with E-state index in [0.717, 1.165) is 11.3 Å². The van der Waals surface area contributed by atoms with Gasteiger partial charge in [0.25, 0.3) is 10.0 Å². The lowest BCUT2D eigenvalue weighted by atomic mass is 10.2. The van der Waals surface area contributed by atoms with Crippen molar-refractivity contribution in [2.75, 3.05) is 18.9 Å². The first kappa shape index (κ1) is 21.3. The van der Waals surface area contributed by atoms with Crippen molar-refractivity contribution >= 4 is 39.2 Å². The van der Waals surface area contributed by atoms with Crippen LogP contribution in [0.25, 0.3) is 0 Å². The number of anilines is 1. The Hall–Kier alpha value is -3.37. The van der Waals surface area contributed by atoms with Crippen molar-refractivity contribution in [3.63, 3.8) is 0 Å². The molecule has 0 atom stereocenters. The predicted molar refractivity (Wildman–Crippen MR) is 115 cm³/mol. The van der Waals surface area contributed by atoms with Gasteiger partial charge in [-0.3, -0.25) is 4.72 Å². The number of rotatable bonds is 8. The topological polar surface area (TPSA) is 112 Å². The van der Waals surface area contributed by atoms with Gasteiger partial charge in [-0.15, -0.1) is 11.3 Å². The van der Waals surface area contributed by atoms with Crippen molar-refractivity contribution in [1.29, 1.82) is 0 Å². The molecule has 3 rings (SSSR count). The lowest BCUT2D eigenvalue weighted by molar-refractivity contribution is -0.213. The van der Waals surface area contributed by atoms with Crippen molar-refractivity contribution in [3.05, 3.63) is 71.1 Å². The minimum Gasteiger partial charge on any atom is -0.857 e. The molecule has 0 saturated heterocycles. The zero-order chi connectivity index (χ0) is 21.6. The van der Waals surface area contributed by atoms with Crippen LogP contribution in [0.4, 0.5) is 5.69 Å². The molecule has 2 aromatic carbocycles. The first-order valence-electron chi connectivity index (χ1n) is 8.60. The summed E-state index contributed by atoms with van der Waals surface area (Å²) in [5.74, 6) is 0.431. The summed E-state index contributed by atoms with van der Waals surface area (Å²) in [6.45, 7) is 0. The molecule has 8 nitrogen and oxygen atoms in total. The molecule has 156 valence electrons. The van der Waals surface area contributed by atoms with Crippen LogP contribution < -0.4 is 19.3 Å². The Labute approximate surface area is 178 Å². The van der Waals surface area contributed by atoms with Gasteiger partial charge in [0.2, 0.25) is 0 Å². The fourth-order valence-electron chi connectivity index (χ4n) is 2.51. The van der Waals surface area contributed by atoms with Crippen molar-refractivity contribution < 1.29 is 23.0 Å². The molecule has 30 heavy (non-hydrogen) atoms. The van der Waals surface area contributed by atoms with Gasteiger partial charge in [0, 0.05) is 17.0 Å². The molecule has 0 aliphatic carbocycles. The minimum atomic E-state index is -3.80. The van der Waals surface area contributed by atoms with Crippen LogP contribution in [0.5, 0.6) is 11.5 Å². The van der Waals surface area contributed by atoms with Crippen molar-refractivity contribution in [2.24, 2.45) is 10.2 Å². The molecule has 0 saturated carbocycles. The first-order chi connectivity index (χ1) is 14.4. The first-order valence-corrected chi connectivity index (χ1v) is 11.0. The Morgan fingerprint density at radius 2 is 1.90 bits per heavy atom. The molecule has 0 unspecified atom stereocenters. The number of sulfonamides is 1. The molecular weight excluding hydrogens is 426 g/mol. The van der Waals surface area contributed by atoms with E-state index in [2.05, 4.69) is 14.9 Å². The maximum Gasteiger partial charge on any atom is 0.271 e. The zero-order valence-electron chi connectivity index (χ0n) is 16.1. The minimum absolute atomic E-state index is 0.0763. The number of hydrogen-bond donors (Lipinski definition) is 1. The van der Waals surface area contributed by atoms with E-state index in [1.54, 1.807) is 41.8 Å². The summed E-state index contributed by atoms with van der Waals surface area (Å²) in [5, 5.41) is 21.7. The third-order valence-electron chi connectivity index (χ3n) is 3.94. The molecule has 0 aliphatic rings. The highest BCUT2D eigenvalue weighted by molar-refractivity contribution is 7.94. The van der Waals surface area contributed by atoms with Crippen LogP contribution in [0, 0.1) is 0 Å². The summed E-state index contributed by atoms with van der Waals surface area (Å²) in [6, 6.07) is 14.4. The Morgan fingerprint density at radius 1 is 1.10 bits per heavy atom. The Bertz CT molecular complexity index is 1170. The molecule has 3 aromatic rings. The van der Waals surface area contributed by atoms with Crippen LogP contribution in [0.15, 0.2) is 74.4 Å². The highest BCUT2D eigenvalue weighted by Crippen LogP contribution is 2.24. The molecule has 0 bridgehead atoms. The lowest BCUT2D eigenvalue weighted by Gasteiger charge is -2.15. The second kappa shape index (κ2) is 9.42. The van der Waals surface area contributed by atoms with E-state index in [1.165, 1.54) is 38.6 Å². The second-order valence-corrected chi connectivity index (χ2v) is 8.70. The fraction of sp³-hybridized carbons (Fsp3) is 0.100. The number of ether oxygens (including phenoxy) is 2. The van der Waals surface area contributed by atoms with Gasteiger partial charge in [-0.1, -0.05) is 24.3 Å². The molecule has 10 heteroatoms. The van der Waals surface area contributed by atoms with Gasteiger partial charge < -0.3 is 14.6 Å². The monoisotopic (exact) mass is 444 g/mol. The fourth-order valence-corrected chi connectivity index (χ4v) is 4.58. The summed E-state index contributed by atoms with van der Waals surface area (Å²) < 4.78 is 37.9. The molecule has 0 amide bonds. The van der Waals surface area contributed by atoms with Crippen molar-refractivity contribution in [2.45, 2.75) is 4.21 Å². The predicted octanol–water partition coefficient (Wildman–Crippen LogP) is 2.71. The van der Waals surface area contributed by atoms with E-state index in [1.807, 2.05) is 0 Å². The van der Waals surface area contributed by atoms with E-state index in [-0.39, 0.29) is 15.5 Å². The lowest BCUT2D eigenvalue weighted by Crippen LogP contribution is -2.22. The maximum atomic E-state index is 12.5. The Balaban J connectivity index is 1.87. The van der Waals surface area contributed by atoms with Gasteiger partial charge in [-0.05, 0) is 35.7 Å². The highest BCUT2D eigenvalue weighted by Gasteiger charge is 2.16. The smallest absolute Gasteiger partial charge is 0.271 e. The van der Waals surface area contributed by atoms with E-state index in [9.17, 15) is 13.5 Å². The number of thiophene rings is 1. The van der Waals surface area contributed by atoms with Crippen LogP contribution in [0.1, 0.15) is 11.1 Å². The standard InChI is InChI=1S/C20H19N3O5S2/c1-27-15-9-10-18(28-2)14(12-15)13-21-22-20(24)16-6-3-4-7-17(16)23-30(25,26)19-8-5-11-29-19/h3-13,23H,1-2H3,(H,22,24)/p-1/b21-13-. The molecule has 1 heterocycles. The van der Waals surface area contributed by atoms with Crippen LogP contribution in [-0.4, -0.2) is 34.7 Å². The molecule has 1 aromatic heterocycles. The van der Waals surface area contributed by atoms with Gasteiger partial charge >= 0.3 is 0 Å². The van der Waals surface area contributed by atoms with Crippen LogP contribution >= 0.6 is 11.3 Å². The van der Waals surface area contributed by atoms with Gasteiger partial charge in [-0.25, -0.2) is 8.42 Å². The highest BCUT2D eigenvalue weighted by atomic mass is 32.2. The Kier molecular flexibility index (Phi) is 6.70. The average molecular weight is 445 g/mol. The molecule has 0 spiro atoms. The molecule has 0 radical (unpaired) electrons. The molecular formula is C20H18N3O5S2-. The molecule has 0 fully saturated rings. The number of nitrogens with zero attached hydrogens (tertiary/aromatic N) is 2. The quantitative estimate of drug-likeness (QED) is 0.326. The third-order valence-corrected chi connectivity index (χ3v) is 6.71. The van der Waals surface area contributed by atoms with Crippen molar-refractivity contribution in [3.8, 4) is 11.5 Å². The van der Waals surface area contributed by atoms with E-state index in [4.69, 9.17) is 9.47 Å². The van der Waals surface area contributed by atoms with Crippen LogP contribution in [0.3, 0.4) is 0 Å². The number of hydrogen-bond acceptors (Lipinski definition) is 8. The molecule has 0 aliphatic heterocycles. The van der Waals surface area contributed by atoms with Crippen LogP contribution in [-0.2, 0) is 10.0 Å². The summed E-state index contributed by atoms with van der Waals surface area (Å²) >= 11 is 1.08. The number of nitrogens with one attached hydrogen (secondary N) is 1. The number of methoxy groups -OCH3 is 2. The average Bonchev–Trinajstić information content (AvgIpc) is 3.30. The van der Waals surface area contributed by atoms with Crippen LogP contribution in [0.2, 0.25) is 0 Å². The largest absolute Gasteiger partial charge is 0.857 e. The summed E-state index contributed by atoms with van der Waals surface area (Å²) in [4.78, 5) is 0. The molecule has 1 N–H and O–H groups in total. The number of benzene rings is 2. The second-order valence-electron chi connectivity index (χ2n) is 5.84. The summed E-state index contributed by atoms with van der Waals surface area (Å²) in [5.41, 5.74) is 0.765. The van der Waals surface area contributed by atoms with E-state index in [0.29, 0.717) is 17.1 Å². The third kappa shape index (κ3) is 4.97. The van der Waals surface area contributed by atoms with Gasteiger partial charge in [0.15, 0.2) is 0 Å². The maximum absolute atomic E-state index is 12.5. The number of para-hydroxylation sites is 1. The normalized spacial score (nSPS) is 12.1. The van der Waals surface area contributed by atoms with Gasteiger partial charge in [-0.2, -0.15) is 10.2 Å². The summed E-state index contributed by atoms with van der Waals surface area (Å²) in [7, 11) is -0.757. The van der Waals surface area contributed by atoms with Crippen molar-refractivity contribution in [1.82, 2.24) is 0 Å².